The zero-order chi connectivity index (χ0) is 14.8. The van der Waals surface area contributed by atoms with Crippen molar-refractivity contribution in [1.29, 1.82) is 0 Å². The minimum atomic E-state index is -0.266. The van der Waals surface area contributed by atoms with Gasteiger partial charge in [0, 0.05) is 9.77 Å². The minimum Gasteiger partial charge on any atom is -0.497 e. The summed E-state index contributed by atoms with van der Waals surface area (Å²) in [6.07, 6.45) is 1.65. The number of nitrogens with one attached hydrogen (secondary N) is 1. The Labute approximate surface area is 155 Å². The van der Waals surface area contributed by atoms with Crippen LogP contribution in [0.2, 0.25) is 0 Å². The average Bonchev–Trinajstić information content (AvgIpc) is 2.88. The van der Waals surface area contributed by atoms with Crippen LogP contribution in [0.25, 0.3) is 10.2 Å². The standard InChI is InChI=1S/C14H10IN3O2S.BrH/c1-20-9-3-5-10-12(6-9)21-14(17-10)18-13(19)11-4-2-8(15)7-16-11;/h2-7H,1H3,(H,17,18,19);1H. The third-order valence-corrected chi connectivity index (χ3v) is 4.35. The highest BCUT2D eigenvalue weighted by Crippen LogP contribution is 2.29. The number of hydrogen-bond donors (Lipinski definition) is 1. The number of halogens is 2. The van der Waals surface area contributed by atoms with Crippen LogP contribution in [0.1, 0.15) is 10.5 Å². The molecule has 0 radical (unpaired) electrons. The van der Waals surface area contributed by atoms with Gasteiger partial charge in [0.05, 0.1) is 17.3 Å². The van der Waals surface area contributed by atoms with Crippen molar-refractivity contribution in [2.24, 2.45) is 0 Å². The van der Waals surface area contributed by atoms with E-state index in [1.165, 1.54) is 11.3 Å². The van der Waals surface area contributed by atoms with E-state index in [4.69, 9.17) is 4.74 Å². The van der Waals surface area contributed by atoms with Crippen molar-refractivity contribution in [1.82, 2.24) is 9.97 Å². The van der Waals surface area contributed by atoms with E-state index >= 15 is 0 Å². The Bertz CT molecular complexity index is 807. The van der Waals surface area contributed by atoms with Gasteiger partial charge in [-0.05, 0) is 52.9 Å². The Morgan fingerprint density at radius 3 is 2.82 bits per heavy atom. The number of aromatic nitrogens is 2. The molecular formula is C14H11BrIN3O2S. The Balaban J connectivity index is 0.00000176. The smallest absolute Gasteiger partial charge is 0.276 e. The molecule has 0 spiro atoms. The highest BCUT2D eigenvalue weighted by Gasteiger charge is 2.11. The van der Waals surface area contributed by atoms with E-state index in [1.54, 1.807) is 19.4 Å². The summed E-state index contributed by atoms with van der Waals surface area (Å²) < 4.78 is 7.12. The highest BCUT2D eigenvalue weighted by atomic mass is 127. The molecule has 5 nitrogen and oxygen atoms in total. The summed E-state index contributed by atoms with van der Waals surface area (Å²) in [5.41, 5.74) is 1.19. The van der Waals surface area contributed by atoms with Gasteiger partial charge < -0.3 is 4.74 Å². The molecule has 0 aliphatic heterocycles. The van der Waals surface area contributed by atoms with Gasteiger partial charge in [0.1, 0.15) is 11.4 Å². The van der Waals surface area contributed by atoms with Crippen molar-refractivity contribution in [2.45, 2.75) is 0 Å². The maximum atomic E-state index is 12.1. The van der Waals surface area contributed by atoms with E-state index < -0.39 is 0 Å². The largest absolute Gasteiger partial charge is 0.497 e. The van der Waals surface area contributed by atoms with E-state index in [1.807, 2.05) is 24.3 Å². The first-order valence-corrected chi connectivity index (χ1v) is 7.93. The molecule has 114 valence electrons. The lowest BCUT2D eigenvalue weighted by molar-refractivity contribution is 0.102. The number of nitrogens with zero attached hydrogens (tertiary/aromatic N) is 2. The molecule has 0 saturated heterocycles. The molecule has 0 aliphatic rings. The molecule has 3 aromatic rings. The first-order valence-electron chi connectivity index (χ1n) is 6.03. The molecule has 0 fully saturated rings. The van der Waals surface area contributed by atoms with Gasteiger partial charge in [0.2, 0.25) is 0 Å². The number of methoxy groups -OCH3 is 1. The molecular weight excluding hydrogens is 481 g/mol. The van der Waals surface area contributed by atoms with E-state index in [9.17, 15) is 4.79 Å². The quantitative estimate of drug-likeness (QED) is 0.559. The number of pyridine rings is 1. The van der Waals surface area contributed by atoms with Crippen molar-refractivity contribution in [3.63, 3.8) is 0 Å². The molecule has 8 heteroatoms. The second-order valence-electron chi connectivity index (χ2n) is 4.17. The summed E-state index contributed by atoms with van der Waals surface area (Å²) in [5, 5.41) is 3.31. The molecule has 0 saturated carbocycles. The number of anilines is 1. The Morgan fingerprint density at radius 1 is 1.32 bits per heavy atom. The predicted molar refractivity (Wildman–Crippen MR) is 101 cm³/mol. The molecule has 2 aromatic heterocycles. The second kappa shape index (κ2) is 7.34. The van der Waals surface area contributed by atoms with Crippen LogP contribution in [-0.4, -0.2) is 23.0 Å². The van der Waals surface area contributed by atoms with Gasteiger partial charge >= 0.3 is 0 Å². The number of ether oxygens (including phenoxy) is 1. The number of fused-ring (bicyclic) bond motifs is 1. The topological polar surface area (TPSA) is 64.1 Å². The van der Waals surface area contributed by atoms with Gasteiger partial charge in [0.15, 0.2) is 5.13 Å². The number of rotatable bonds is 3. The maximum Gasteiger partial charge on any atom is 0.276 e. The Hall–Kier alpha value is -1.26. The molecule has 1 N–H and O–H groups in total. The summed E-state index contributed by atoms with van der Waals surface area (Å²) in [6.45, 7) is 0. The highest BCUT2D eigenvalue weighted by molar-refractivity contribution is 14.1. The number of carbonyl (C=O) groups is 1. The van der Waals surface area contributed by atoms with E-state index in [-0.39, 0.29) is 22.9 Å². The van der Waals surface area contributed by atoms with Gasteiger partial charge in [-0.25, -0.2) is 9.97 Å². The monoisotopic (exact) mass is 491 g/mol. The third kappa shape index (κ3) is 3.73. The van der Waals surface area contributed by atoms with Crippen molar-refractivity contribution in [3.8, 4) is 5.75 Å². The fourth-order valence-corrected chi connectivity index (χ4v) is 2.97. The summed E-state index contributed by atoms with van der Waals surface area (Å²) in [4.78, 5) is 20.6. The fourth-order valence-electron chi connectivity index (χ4n) is 1.76. The molecule has 22 heavy (non-hydrogen) atoms. The zero-order valence-electron chi connectivity index (χ0n) is 11.4. The lowest BCUT2D eigenvalue weighted by atomic mass is 10.3. The number of amides is 1. The molecule has 0 bridgehead atoms. The van der Waals surface area contributed by atoms with Crippen LogP contribution in [-0.2, 0) is 0 Å². The normalized spacial score (nSPS) is 10.1. The SMILES string of the molecule is Br.COc1ccc2nc(NC(=O)c3ccc(I)cn3)sc2c1. The summed E-state index contributed by atoms with van der Waals surface area (Å²) in [7, 11) is 1.62. The second-order valence-corrected chi connectivity index (χ2v) is 6.44. The van der Waals surface area contributed by atoms with Gasteiger partial charge in [-0.2, -0.15) is 0 Å². The van der Waals surface area contributed by atoms with Crippen LogP contribution < -0.4 is 10.1 Å². The van der Waals surface area contributed by atoms with Crippen LogP contribution in [0, 0.1) is 3.57 Å². The summed E-state index contributed by atoms with van der Waals surface area (Å²) >= 11 is 3.54. The lowest BCUT2D eigenvalue weighted by Gasteiger charge is -2.00. The van der Waals surface area contributed by atoms with Crippen LogP contribution >= 0.6 is 50.9 Å². The molecule has 1 amide bonds. The number of thiazole rings is 1. The van der Waals surface area contributed by atoms with Gasteiger partial charge in [-0.3, -0.25) is 10.1 Å². The lowest BCUT2D eigenvalue weighted by Crippen LogP contribution is -2.13. The number of benzene rings is 1. The molecule has 2 heterocycles. The fraction of sp³-hybridized carbons (Fsp3) is 0.0714. The van der Waals surface area contributed by atoms with Crippen LogP contribution in [0.5, 0.6) is 5.75 Å². The zero-order valence-corrected chi connectivity index (χ0v) is 16.1. The van der Waals surface area contributed by atoms with E-state index in [0.717, 1.165) is 19.5 Å². The van der Waals surface area contributed by atoms with Crippen LogP contribution in [0.4, 0.5) is 5.13 Å². The summed E-state index contributed by atoms with van der Waals surface area (Å²) in [5.74, 6) is 0.501. The van der Waals surface area contributed by atoms with Crippen molar-refractivity contribution < 1.29 is 9.53 Å². The van der Waals surface area contributed by atoms with E-state index in [0.29, 0.717) is 10.8 Å². The molecule has 3 rings (SSSR count). The molecule has 1 aromatic carbocycles. The van der Waals surface area contributed by atoms with Gasteiger partial charge in [0.25, 0.3) is 5.91 Å². The van der Waals surface area contributed by atoms with Crippen LogP contribution in [0.15, 0.2) is 36.5 Å². The first-order chi connectivity index (χ1) is 10.2. The van der Waals surface area contributed by atoms with Crippen molar-refractivity contribution in [3.05, 3.63) is 45.8 Å². The Kier molecular flexibility index (Phi) is 5.70. The molecule has 0 unspecified atom stereocenters. The number of carbonyl (C=O) groups excluding carboxylic acids is 1. The third-order valence-electron chi connectivity index (χ3n) is 2.78. The van der Waals surface area contributed by atoms with Gasteiger partial charge in [-0.15, -0.1) is 17.0 Å². The van der Waals surface area contributed by atoms with Crippen LogP contribution in [0.3, 0.4) is 0 Å². The number of hydrogen-bond acceptors (Lipinski definition) is 5. The van der Waals surface area contributed by atoms with E-state index in [2.05, 4.69) is 37.9 Å². The molecule has 0 atom stereocenters. The van der Waals surface area contributed by atoms with Crippen molar-refractivity contribution in [2.75, 3.05) is 12.4 Å². The maximum absolute atomic E-state index is 12.1. The predicted octanol–water partition coefficient (Wildman–Crippen LogP) is 4.13. The minimum absolute atomic E-state index is 0. The van der Waals surface area contributed by atoms with Gasteiger partial charge in [-0.1, -0.05) is 11.3 Å². The molecule has 0 aliphatic carbocycles. The Morgan fingerprint density at radius 2 is 2.14 bits per heavy atom. The first kappa shape index (κ1) is 17.1. The summed E-state index contributed by atoms with van der Waals surface area (Å²) in [6, 6.07) is 9.13. The average molecular weight is 492 g/mol. The van der Waals surface area contributed by atoms with Crippen molar-refractivity contribution >= 4 is 72.2 Å².